The van der Waals surface area contributed by atoms with E-state index in [1.165, 1.54) is 11.1 Å². The predicted molar refractivity (Wildman–Crippen MR) is 82.3 cm³/mol. The summed E-state index contributed by atoms with van der Waals surface area (Å²) in [5.41, 5.74) is 3.28. The van der Waals surface area contributed by atoms with Gasteiger partial charge in [-0.2, -0.15) is 0 Å². The first-order valence-corrected chi connectivity index (χ1v) is 6.45. The summed E-state index contributed by atoms with van der Waals surface area (Å²) in [5.74, 6) is -0.931. The summed E-state index contributed by atoms with van der Waals surface area (Å²) >= 11 is 0. The van der Waals surface area contributed by atoms with Crippen LogP contribution in [-0.4, -0.2) is 11.1 Å². The summed E-state index contributed by atoms with van der Waals surface area (Å²) in [4.78, 5) is 10.4. The molecule has 0 saturated carbocycles. The van der Waals surface area contributed by atoms with Crippen molar-refractivity contribution in [3.8, 4) is 0 Å². The van der Waals surface area contributed by atoms with Crippen LogP contribution in [-0.2, 0) is 11.2 Å². The number of hydrogen-bond acceptors (Lipinski definition) is 1. The fraction of sp³-hybridized carbons (Fsp3) is 0.0556. The SMILES string of the molecule is O=C(O)C=Cc1ccc(CC=Cc2ccccc2)cc1. The standard InChI is InChI=1S/C18H16O2/c19-18(20)14-13-17-11-9-16(10-12-17)8-4-7-15-5-2-1-3-6-15/h1-7,9-14H,8H2,(H,19,20). The van der Waals surface area contributed by atoms with Crippen LogP contribution in [0.5, 0.6) is 0 Å². The van der Waals surface area contributed by atoms with E-state index in [0.29, 0.717) is 0 Å². The number of carbonyl (C=O) groups is 1. The zero-order valence-corrected chi connectivity index (χ0v) is 11.1. The molecule has 0 saturated heterocycles. The van der Waals surface area contributed by atoms with Crippen LogP contribution in [0.25, 0.3) is 12.2 Å². The number of carboxylic acid groups (broad SMARTS) is 1. The quantitative estimate of drug-likeness (QED) is 0.827. The van der Waals surface area contributed by atoms with Gasteiger partial charge in [0.2, 0.25) is 0 Å². The second-order valence-electron chi connectivity index (χ2n) is 4.43. The molecule has 0 atom stereocenters. The molecule has 20 heavy (non-hydrogen) atoms. The van der Waals surface area contributed by atoms with E-state index in [2.05, 4.69) is 24.3 Å². The molecule has 0 spiro atoms. The third-order valence-electron chi connectivity index (χ3n) is 2.86. The van der Waals surface area contributed by atoms with Gasteiger partial charge in [-0.3, -0.25) is 0 Å². The fourth-order valence-electron chi connectivity index (χ4n) is 1.83. The smallest absolute Gasteiger partial charge is 0.328 e. The van der Waals surface area contributed by atoms with Crippen molar-refractivity contribution < 1.29 is 9.90 Å². The fourth-order valence-corrected chi connectivity index (χ4v) is 1.83. The Kier molecular flexibility index (Phi) is 4.90. The van der Waals surface area contributed by atoms with Crippen LogP contribution in [0.15, 0.2) is 66.7 Å². The Labute approximate surface area is 118 Å². The second-order valence-corrected chi connectivity index (χ2v) is 4.43. The minimum atomic E-state index is -0.931. The van der Waals surface area contributed by atoms with Crippen molar-refractivity contribution in [2.24, 2.45) is 0 Å². The normalized spacial score (nSPS) is 11.2. The van der Waals surface area contributed by atoms with Gasteiger partial charge in [0.1, 0.15) is 0 Å². The molecule has 0 aliphatic rings. The summed E-state index contributed by atoms with van der Waals surface area (Å²) < 4.78 is 0. The van der Waals surface area contributed by atoms with E-state index in [1.807, 2.05) is 42.5 Å². The topological polar surface area (TPSA) is 37.3 Å². The summed E-state index contributed by atoms with van der Waals surface area (Å²) in [6, 6.07) is 18.0. The predicted octanol–water partition coefficient (Wildman–Crippen LogP) is 4.04. The number of benzene rings is 2. The molecule has 0 aliphatic carbocycles. The molecular weight excluding hydrogens is 248 g/mol. The van der Waals surface area contributed by atoms with Gasteiger partial charge in [-0.05, 0) is 29.2 Å². The monoisotopic (exact) mass is 264 g/mol. The zero-order chi connectivity index (χ0) is 14.2. The van der Waals surface area contributed by atoms with Gasteiger partial charge in [0.15, 0.2) is 0 Å². The minimum Gasteiger partial charge on any atom is -0.478 e. The van der Waals surface area contributed by atoms with Gasteiger partial charge < -0.3 is 5.11 Å². The number of hydrogen-bond donors (Lipinski definition) is 1. The zero-order valence-electron chi connectivity index (χ0n) is 11.1. The van der Waals surface area contributed by atoms with Crippen LogP contribution in [0, 0.1) is 0 Å². The number of rotatable bonds is 5. The molecular formula is C18H16O2. The highest BCUT2D eigenvalue weighted by Gasteiger charge is 1.92. The first kappa shape index (κ1) is 13.8. The Bertz CT molecular complexity index is 608. The molecule has 0 aromatic heterocycles. The Morgan fingerprint density at radius 1 is 0.900 bits per heavy atom. The maximum absolute atomic E-state index is 10.4. The van der Waals surface area contributed by atoms with Crippen molar-refractivity contribution in [3.63, 3.8) is 0 Å². The Hall–Kier alpha value is -2.61. The van der Waals surface area contributed by atoms with Crippen molar-refractivity contribution in [3.05, 3.63) is 83.4 Å². The minimum absolute atomic E-state index is 0.859. The first-order valence-electron chi connectivity index (χ1n) is 6.45. The van der Waals surface area contributed by atoms with Crippen molar-refractivity contribution >= 4 is 18.1 Å². The Balaban J connectivity index is 1.94. The summed E-state index contributed by atoms with van der Waals surface area (Å²) in [6.07, 6.45) is 7.81. The Morgan fingerprint density at radius 3 is 2.20 bits per heavy atom. The van der Waals surface area contributed by atoms with E-state index < -0.39 is 5.97 Å². The average molecular weight is 264 g/mol. The van der Waals surface area contributed by atoms with Crippen molar-refractivity contribution in [2.75, 3.05) is 0 Å². The molecule has 0 aliphatic heterocycles. The maximum Gasteiger partial charge on any atom is 0.328 e. The number of carboxylic acids is 1. The van der Waals surface area contributed by atoms with Crippen LogP contribution in [0.1, 0.15) is 16.7 Å². The summed E-state index contributed by atoms with van der Waals surface area (Å²) in [6.45, 7) is 0. The van der Waals surface area contributed by atoms with Crippen molar-refractivity contribution in [2.45, 2.75) is 6.42 Å². The highest BCUT2D eigenvalue weighted by Crippen LogP contribution is 2.09. The van der Waals surface area contributed by atoms with Gasteiger partial charge in [0.25, 0.3) is 0 Å². The lowest BCUT2D eigenvalue weighted by Gasteiger charge is -1.98. The molecule has 0 fully saturated rings. The van der Waals surface area contributed by atoms with Gasteiger partial charge in [0, 0.05) is 6.08 Å². The molecule has 2 aromatic carbocycles. The van der Waals surface area contributed by atoms with Gasteiger partial charge in [0.05, 0.1) is 0 Å². The van der Waals surface area contributed by atoms with E-state index >= 15 is 0 Å². The van der Waals surface area contributed by atoms with E-state index in [-0.39, 0.29) is 0 Å². The second kappa shape index (κ2) is 7.10. The molecule has 0 amide bonds. The third kappa shape index (κ3) is 4.58. The lowest BCUT2D eigenvalue weighted by Crippen LogP contribution is -1.86. The molecule has 2 rings (SSSR count). The van der Waals surface area contributed by atoms with Crippen molar-refractivity contribution in [1.82, 2.24) is 0 Å². The van der Waals surface area contributed by atoms with E-state index in [1.54, 1.807) is 6.08 Å². The third-order valence-corrected chi connectivity index (χ3v) is 2.86. The Morgan fingerprint density at radius 2 is 1.55 bits per heavy atom. The van der Waals surface area contributed by atoms with Crippen LogP contribution >= 0.6 is 0 Å². The molecule has 0 heterocycles. The van der Waals surface area contributed by atoms with Crippen LogP contribution in [0.4, 0.5) is 0 Å². The lowest BCUT2D eigenvalue weighted by molar-refractivity contribution is -0.131. The molecule has 100 valence electrons. The van der Waals surface area contributed by atoms with Crippen LogP contribution < -0.4 is 0 Å². The summed E-state index contributed by atoms with van der Waals surface area (Å²) in [7, 11) is 0. The van der Waals surface area contributed by atoms with Crippen LogP contribution in [0.2, 0.25) is 0 Å². The number of aliphatic carboxylic acids is 1. The number of allylic oxidation sites excluding steroid dienone is 1. The first-order chi connectivity index (χ1) is 9.74. The lowest BCUT2D eigenvalue weighted by atomic mass is 10.1. The van der Waals surface area contributed by atoms with Gasteiger partial charge in [-0.25, -0.2) is 4.79 Å². The molecule has 2 heteroatoms. The molecule has 1 N–H and O–H groups in total. The largest absolute Gasteiger partial charge is 0.478 e. The molecule has 2 nitrogen and oxygen atoms in total. The van der Waals surface area contributed by atoms with Gasteiger partial charge in [-0.1, -0.05) is 66.7 Å². The molecule has 2 aromatic rings. The summed E-state index contributed by atoms with van der Waals surface area (Å²) in [5, 5.41) is 8.56. The molecule has 0 radical (unpaired) electrons. The van der Waals surface area contributed by atoms with E-state index in [0.717, 1.165) is 18.1 Å². The van der Waals surface area contributed by atoms with Gasteiger partial charge in [-0.15, -0.1) is 0 Å². The van der Waals surface area contributed by atoms with Crippen molar-refractivity contribution in [1.29, 1.82) is 0 Å². The maximum atomic E-state index is 10.4. The highest BCUT2D eigenvalue weighted by atomic mass is 16.4. The highest BCUT2D eigenvalue weighted by molar-refractivity contribution is 5.85. The average Bonchev–Trinajstić information content (AvgIpc) is 2.47. The molecule has 0 bridgehead atoms. The van der Waals surface area contributed by atoms with E-state index in [9.17, 15) is 4.79 Å². The van der Waals surface area contributed by atoms with Crippen LogP contribution in [0.3, 0.4) is 0 Å². The van der Waals surface area contributed by atoms with E-state index in [4.69, 9.17) is 5.11 Å². The molecule has 0 unspecified atom stereocenters. The van der Waals surface area contributed by atoms with Gasteiger partial charge >= 0.3 is 5.97 Å².